The third kappa shape index (κ3) is 2.40. The highest BCUT2D eigenvalue weighted by Crippen LogP contribution is 2.16. The second-order valence-corrected chi connectivity index (χ2v) is 4.65. The van der Waals surface area contributed by atoms with E-state index in [1.54, 1.807) is 6.20 Å². The van der Waals surface area contributed by atoms with Crippen molar-refractivity contribution in [3.63, 3.8) is 0 Å². The van der Waals surface area contributed by atoms with E-state index >= 15 is 0 Å². The summed E-state index contributed by atoms with van der Waals surface area (Å²) in [5.41, 5.74) is 3.33. The zero-order valence-corrected chi connectivity index (χ0v) is 11.2. The van der Waals surface area contributed by atoms with Crippen LogP contribution in [-0.4, -0.2) is 15.9 Å². The van der Waals surface area contributed by atoms with Gasteiger partial charge in [0.05, 0.1) is 11.9 Å². The van der Waals surface area contributed by atoms with Crippen molar-refractivity contribution >= 4 is 22.6 Å². The molecule has 0 saturated carbocycles. The summed E-state index contributed by atoms with van der Waals surface area (Å²) in [6.07, 6.45) is 4.40. The van der Waals surface area contributed by atoms with E-state index in [4.69, 9.17) is 0 Å². The highest BCUT2D eigenvalue weighted by Gasteiger charge is 2.07. The van der Waals surface area contributed by atoms with Crippen LogP contribution in [0.2, 0.25) is 0 Å². The first-order valence-electron chi connectivity index (χ1n) is 6.59. The van der Waals surface area contributed by atoms with Crippen LogP contribution in [0, 0.1) is 0 Å². The number of carbonyl (C=O) groups is 1. The summed E-state index contributed by atoms with van der Waals surface area (Å²) in [5, 5.41) is 3.85. The van der Waals surface area contributed by atoms with Gasteiger partial charge in [-0.2, -0.15) is 0 Å². The van der Waals surface area contributed by atoms with E-state index < -0.39 is 0 Å². The molecule has 20 heavy (non-hydrogen) atoms. The fraction of sp³-hybridized carbons (Fsp3) is 0.125. The second kappa shape index (κ2) is 5.17. The minimum atomic E-state index is -0.114. The van der Waals surface area contributed by atoms with Gasteiger partial charge in [-0.3, -0.25) is 4.79 Å². The molecule has 4 nitrogen and oxygen atoms in total. The van der Waals surface area contributed by atoms with Crippen molar-refractivity contribution in [1.29, 1.82) is 0 Å². The number of nitrogens with zero attached hydrogens (tertiary/aromatic N) is 1. The van der Waals surface area contributed by atoms with E-state index in [1.807, 2.05) is 42.6 Å². The van der Waals surface area contributed by atoms with Gasteiger partial charge in [0.25, 0.3) is 5.91 Å². The lowest BCUT2D eigenvalue weighted by Gasteiger charge is -2.06. The quantitative estimate of drug-likeness (QED) is 0.762. The molecule has 0 saturated heterocycles. The SMILES string of the molecule is CCc1cccc(C(=O)Nc2cnc3[nH]ccc3c2)c1. The number of anilines is 1. The molecule has 0 aliphatic rings. The first kappa shape index (κ1) is 12.4. The number of carbonyl (C=O) groups excluding carboxylic acids is 1. The predicted molar refractivity (Wildman–Crippen MR) is 79.9 cm³/mol. The molecule has 0 aliphatic carbocycles. The summed E-state index contributed by atoms with van der Waals surface area (Å²) in [4.78, 5) is 19.5. The molecule has 1 aromatic carbocycles. The smallest absolute Gasteiger partial charge is 0.255 e. The molecular weight excluding hydrogens is 250 g/mol. The molecule has 0 fully saturated rings. The number of pyridine rings is 1. The van der Waals surface area contributed by atoms with Crippen molar-refractivity contribution in [2.24, 2.45) is 0 Å². The number of benzene rings is 1. The van der Waals surface area contributed by atoms with Gasteiger partial charge in [-0.15, -0.1) is 0 Å². The third-order valence-electron chi connectivity index (χ3n) is 3.26. The topological polar surface area (TPSA) is 57.8 Å². The number of nitrogens with one attached hydrogen (secondary N) is 2. The maximum Gasteiger partial charge on any atom is 0.255 e. The summed E-state index contributed by atoms with van der Waals surface area (Å²) < 4.78 is 0. The summed E-state index contributed by atoms with van der Waals surface area (Å²) in [6, 6.07) is 11.5. The summed E-state index contributed by atoms with van der Waals surface area (Å²) >= 11 is 0. The lowest BCUT2D eigenvalue weighted by molar-refractivity contribution is 0.102. The highest BCUT2D eigenvalue weighted by atomic mass is 16.1. The predicted octanol–water partition coefficient (Wildman–Crippen LogP) is 3.38. The Balaban J connectivity index is 1.83. The Labute approximate surface area is 116 Å². The molecule has 0 radical (unpaired) electrons. The fourth-order valence-corrected chi connectivity index (χ4v) is 2.14. The van der Waals surface area contributed by atoms with Crippen molar-refractivity contribution in [2.45, 2.75) is 13.3 Å². The van der Waals surface area contributed by atoms with Gasteiger partial charge >= 0.3 is 0 Å². The molecule has 4 heteroatoms. The molecule has 3 rings (SSSR count). The maximum absolute atomic E-state index is 12.2. The van der Waals surface area contributed by atoms with E-state index in [1.165, 1.54) is 0 Å². The van der Waals surface area contributed by atoms with E-state index in [0.717, 1.165) is 23.0 Å². The Kier molecular flexibility index (Phi) is 3.21. The summed E-state index contributed by atoms with van der Waals surface area (Å²) in [7, 11) is 0. The highest BCUT2D eigenvalue weighted by molar-refractivity contribution is 6.04. The molecule has 2 N–H and O–H groups in total. The van der Waals surface area contributed by atoms with Crippen LogP contribution in [0.1, 0.15) is 22.8 Å². The Morgan fingerprint density at radius 1 is 1.30 bits per heavy atom. The number of amides is 1. The first-order chi connectivity index (χ1) is 9.76. The Morgan fingerprint density at radius 3 is 3.05 bits per heavy atom. The second-order valence-electron chi connectivity index (χ2n) is 4.65. The lowest BCUT2D eigenvalue weighted by Crippen LogP contribution is -2.12. The minimum absolute atomic E-state index is 0.114. The van der Waals surface area contributed by atoms with Crippen LogP contribution in [0.5, 0.6) is 0 Å². The van der Waals surface area contributed by atoms with Crippen molar-refractivity contribution in [1.82, 2.24) is 9.97 Å². The number of hydrogen-bond donors (Lipinski definition) is 2. The molecule has 100 valence electrons. The van der Waals surface area contributed by atoms with Crippen LogP contribution in [0.3, 0.4) is 0 Å². The van der Waals surface area contributed by atoms with Gasteiger partial charge in [-0.05, 0) is 36.2 Å². The lowest BCUT2D eigenvalue weighted by atomic mass is 10.1. The zero-order chi connectivity index (χ0) is 13.9. The van der Waals surface area contributed by atoms with Crippen LogP contribution >= 0.6 is 0 Å². The zero-order valence-electron chi connectivity index (χ0n) is 11.2. The molecule has 0 unspecified atom stereocenters. The first-order valence-corrected chi connectivity index (χ1v) is 6.59. The monoisotopic (exact) mass is 265 g/mol. The normalized spacial score (nSPS) is 10.7. The standard InChI is InChI=1S/C16H15N3O/c1-2-11-4-3-5-13(8-11)16(20)19-14-9-12-6-7-17-15(12)18-10-14/h3-10H,2H2,1H3,(H,17,18)(H,19,20). The molecule has 1 amide bonds. The van der Waals surface area contributed by atoms with Gasteiger partial charge in [0.2, 0.25) is 0 Å². The Hall–Kier alpha value is -2.62. The van der Waals surface area contributed by atoms with Crippen LogP contribution < -0.4 is 5.32 Å². The van der Waals surface area contributed by atoms with Gasteiger partial charge in [-0.25, -0.2) is 4.98 Å². The van der Waals surface area contributed by atoms with Crippen molar-refractivity contribution in [3.8, 4) is 0 Å². The summed E-state index contributed by atoms with van der Waals surface area (Å²) in [6.45, 7) is 2.07. The fourth-order valence-electron chi connectivity index (χ4n) is 2.14. The Morgan fingerprint density at radius 2 is 2.20 bits per heavy atom. The van der Waals surface area contributed by atoms with Crippen LogP contribution in [0.4, 0.5) is 5.69 Å². The number of aromatic nitrogens is 2. The molecule has 0 spiro atoms. The van der Waals surface area contributed by atoms with E-state index in [-0.39, 0.29) is 5.91 Å². The number of fused-ring (bicyclic) bond motifs is 1. The molecule has 0 bridgehead atoms. The van der Waals surface area contributed by atoms with Crippen molar-refractivity contribution in [3.05, 3.63) is 59.9 Å². The number of hydrogen-bond acceptors (Lipinski definition) is 2. The molecule has 2 heterocycles. The van der Waals surface area contributed by atoms with Gasteiger partial charge in [0, 0.05) is 17.1 Å². The van der Waals surface area contributed by atoms with Crippen molar-refractivity contribution in [2.75, 3.05) is 5.32 Å². The molecule has 2 aromatic heterocycles. The summed E-state index contributed by atoms with van der Waals surface area (Å²) in [5.74, 6) is -0.114. The maximum atomic E-state index is 12.2. The van der Waals surface area contributed by atoms with Crippen LogP contribution in [0.25, 0.3) is 11.0 Å². The Bertz CT molecular complexity index is 761. The van der Waals surface area contributed by atoms with E-state index in [0.29, 0.717) is 11.3 Å². The average molecular weight is 265 g/mol. The largest absolute Gasteiger partial charge is 0.346 e. The van der Waals surface area contributed by atoms with Gasteiger partial charge < -0.3 is 10.3 Å². The van der Waals surface area contributed by atoms with E-state index in [9.17, 15) is 4.79 Å². The number of aromatic amines is 1. The molecule has 0 atom stereocenters. The number of rotatable bonds is 3. The van der Waals surface area contributed by atoms with Crippen molar-refractivity contribution < 1.29 is 4.79 Å². The molecule has 3 aromatic rings. The van der Waals surface area contributed by atoms with Crippen LogP contribution in [0.15, 0.2) is 48.8 Å². The number of H-pyrrole nitrogens is 1. The van der Waals surface area contributed by atoms with Gasteiger partial charge in [-0.1, -0.05) is 19.1 Å². The van der Waals surface area contributed by atoms with Gasteiger partial charge in [0.1, 0.15) is 5.65 Å². The van der Waals surface area contributed by atoms with Gasteiger partial charge in [0.15, 0.2) is 0 Å². The third-order valence-corrected chi connectivity index (χ3v) is 3.26. The minimum Gasteiger partial charge on any atom is -0.346 e. The number of aryl methyl sites for hydroxylation is 1. The average Bonchev–Trinajstić information content (AvgIpc) is 2.95. The molecule has 0 aliphatic heterocycles. The molecular formula is C16H15N3O. The van der Waals surface area contributed by atoms with Crippen LogP contribution in [-0.2, 0) is 6.42 Å². The van der Waals surface area contributed by atoms with E-state index in [2.05, 4.69) is 22.2 Å².